The normalized spacial score (nSPS) is 25.3. The monoisotopic (exact) mass is 144 g/mol. The van der Waals surface area contributed by atoms with Crippen LogP contribution in [-0.4, -0.2) is 16.2 Å². The van der Waals surface area contributed by atoms with E-state index in [1.165, 1.54) is 0 Å². The Morgan fingerprint density at radius 2 is 2.20 bits per heavy atom. The van der Waals surface area contributed by atoms with Crippen molar-refractivity contribution in [3.05, 3.63) is 11.7 Å². The molecule has 0 aromatic carbocycles. The Kier molecular flexibility index (Phi) is 1.53. The predicted octanol–water partition coefficient (Wildman–Crippen LogP) is 0.855. The molecule has 0 saturated heterocycles. The quantitative estimate of drug-likeness (QED) is 0.535. The fraction of sp³-hybridized carbons (Fsp3) is 0.500. The number of cyclic esters (lactones) is 1. The van der Waals surface area contributed by atoms with Crippen LogP contribution in [0.3, 0.4) is 0 Å². The van der Waals surface area contributed by atoms with E-state index in [-0.39, 0.29) is 5.76 Å². The van der Waals surface area contributed by atoms with Gasteiger partial charge in [-0.1, -0.05) is 6.92 Å². The van der Waals surface area contributed by atoms with Gasteiger partial charge in [0, 0.05) is 0 Å². The van der Waals surface area contributed by atoms with Crippen LogP contribution in [0.1, 0.15) is 13.3 Å². The van der Waals surface area contributed by atoms with Gasteiger partial charge in [0.05, 0.1) is 0 Å². The minimum Gasteiger partial charge on any atom is -0.505 e. The molecule has 0 bridgehead atoms. The van der Waals surface area contributed by atoms with Gasteiger partial charge in [-0.05, 0) is 6.42 Å². The largest absolute Gasteiger partial charge is 0.505 e. The first kappa shape index (κ1) is 6.92. The van der Waals surface area contributed by atoms with E-state index in [9.17, 15) is 4.79 Å². The van der Waals surface area contributed by atoms with Crippen LogP contribution in [-0.2, 0) is 9.53 Å². The highest BCUT2D eigenvalue weighted by molar-refractivity contribution is 5.78. The second kappa shape index (κ2) is 2.21. The molecule has 1 rings (SSSR count). The highest BCUT2D eigenvalue weighted by Gasteiger charge is 2.34. The summed E-state index contributed by atoms with van der Waals surface area (Å²) in [7, 11) is 0. The second-order valence-corrected chi connectivity index (χ2v) is 2.07. The zero-order valence-corrected chi connectivity index (χ0v) is 5.50. The molecule has 0 spiro atoms. The molecule has 1 atom stereocenters. The van der Waals surface area contributed by atoms with Crippen molar-refractivity contribution in [1.82, 2.24) is 0 Å². The first-order valence-corrected chi connectivity index (χ1v) is 3.00. The molecule has 0 radical (unpaired) electrons. The summed E-state index contributed by atoms with van der Waals surface area (Å²) in [5.74, 6) is -2.26. The van der Waals surface area contributed by atoms with Gasteiger partial charge in [0.25, 0.3) is 0 Å². The average molecular weight is 144 g/mol. The number of aliphatic hydroxyl groups excluding tert-OH is 2. The Morgan fingerprint density at radius 1 is 1.60 bits per heavy atom. The minimum absolute atomic E-state index is 0.354. The van der Waals surface area contributed by atoms with Crippen LogP contribution in [0, 0.1) is 5.92 Å². The Balaban J connectivity index is 2.82. The lowest BCUT2D eigenvalue weighted by Crippen LogP contribution is -2.09. The molecule has 4 nitrogen and oxygen atoms in total. The van der Waals surface area contributed by atoms with E-state index in [0.717, 1.165) is 0 Å². The molecule has 0 aromatic heterocycles. The van der Waals surface area contributed by atoms with Crippen molar-refractivity contribution >= 4 is 5.97 Å². The van der Waals surface area contributed by atoms with Crippen molar-refractivity contribution in [2.75, 3.05) is 0 Å². The summed E-state index contributed by atoms with van der Waals surface area (Å²) in [4.78, 5) is 10.6. The van der Waals surface area contributed by atoms with Gasteiger partial charge < -0.3 is 14.9 Å². The Labute approximate surface area is 57.7 Å². The molecule has 0 aliphatic carbocycles. The summed E-state index contributed by atoms with van der Waals surface area (Å²) in [5.41, 5.74) is 0. The highest BCUT2D eigenvalue weighted by atomic mass is 16.6. The molecule has 10 heavy (non-hydrogen) atoms. The third-order valence-corrected chi connectivity index (χ3v) is 1.44. The maximum atomic E-state index is 10.6. The summed E-state index contributed by atoms with van der Waals surface area (Å²) in [6.45, 7) is 1.72. The first-order chi connectivity index (χ1) is 4.66. The van der Waals surface area contributed by atoms with Crippen molar-refractivity contribution < 1.29 is 19.7 Å². The third kappa shape index (κ3) is 0.814. The smallest absolute Gasteiger partial charge is 0.324 e. The van der Waals surface area contributed by atoms with Crippen molar-refractivity contribution in [3.63, 3.8) is 0 Å². The van der Waals surface area contributed by atoms with Gasteiger partial charge in [-0.3, -0.25) is 4.79 Å². The Morgan fingerprint density at radius 3 is 2.40 bits per heavy atom. The molecule has 56 valence electrons. The lowest BCUT2D eigenvalue weighted by Gasteiger charge is -1.98. The van der Waals surface area contributed by atoms with Crippen LogP contribution < -0.4 is 0 Å². The van der Waals surface area contributed by atoms with E-state index in [1.54, 1.807) is 6.92 Å². The molecule has 0 aromatic rings. The number of esters is 1. The summed E-state index contributed by atoms with van der Waals surface area (Å²) < 4.78 is 4.22. The number of hydrogen-bond donors (Lipinski definition) is 2. The van der Waals surface area contributed by atoms with Crippen LogP contribution in [0.4, 0.5) is 0 Å². The van der Waals surface area contributed by atoms with E-state index in [2.05, 4.69) is 4.74 Å². The SMILES string of the molecule is CCC1C(=O)OC(O)=C1O. The minimum atomic E-state index is -0.667. The standard InChI is InChI=1S/C6H8O4/c1-2-3-4(7)6(9)10-5(3)8/h3,7,9H,2H2,1H3. The number of ether oxygens (including phenoxy) is 1. The number of rotatable bonds is 1. The molecule has 1 aliphatic rings. The van der Waals surface area contributed by atoms with E-state index in [4.69, 9.17) is 10.2 Å². The lowest BCUT2D eigenvalue weighted by atomic mass is 10.1. The Bertz CT molecular complexity index is 194. The second-order valence-electron chi connectivity index (χ2n) is 2.07. The molecule has 1 unspecified atom stereocenters. The number of carbonyl (C=O) groups excluding carboxylic acids is 1. The molecule has 1 aliphatic heterocycles. The van der Waals surface area contributed by atoms with Crippen molar-refractivity contribution in [2.24, 2.45) is 5.92 Å². The maximum absolute atomic E-state index is 10.6. The summed E-state index contributed by atoms with van der Waals surface area (Å²) in [6.07, 6.45) is 0.439. The predicted molar refractivity (Wildman–Crippen MR) is 32.2 cm³/mol. The summed E-state index contributed by atoms with van der Waals surface area (Å²) in [5, 5.41) is 17.6. The molecule has 0 fully saturated rings. The van der Waals surface area contributed by atoms with Crippen LogP contribution in [0.15, 0.2) is 11.7 Å². The number of aliphatic hydroxyl groups is 2. The van der Waals surface area contributed by atoms with Crippen molar-refractivity contribution in [2.45, 2.75) is 13.3 Å². The van der Waals surface area contributed by atoms with E-state index < -0.39 is 17.8 Å². The molecular weight excluding hydrogens is 136 g/mol. The van der Waals surface area contributed by atoms with Crippen LogP contribution in [0.2, 0.25) is 0 Å². The lowest BCUT2D eigenvalue weighted by molar-refractivity contribution is -0.143. The van der Waals surface area contributed by atoms with E-state index >= 15 is 0 Å². The fourth-order valence-corrected chi connectivity index (χ4v) is 0.839. The molecular formula is C6H8O4. The van der Waals surface area contributed by atoms with Crippen molar-refractivity contribution in [3.8, 4) is 0 Å². The van der Waals surface area contributed by atoms with Gasteiger partial charge in [0.2, 0.25) is 0 Å². The maximum Gasteiger partial charge on any atom is 0.324 e. The van der Waals surface area contributed by atoms with Gasteiger partial charge in [-0.2, -0.15) is 0 Å². The van der Waals surface area contributed by atoms with Gasteiger partial charge in [-0.15, -0.1) is 0 Å². The van der Waals surface area contributed by atoms with Crippen LogP contribution in [0.5, 0.6) is 0 Å². The highest BCUT2D eigenvalue weighted by Crippen LogP contribution is 2.24. The number of carbonyl (C=O) groups is 1. The van der Waals surface area contributed by atoms with Gasteiger partial charge in [0.15, 0.2) is 5.76 Å². The van der Waals surface area contributed by atoms with E-state index in [0.29, 0.717) is 6.42 Å². The average Bonchev–Trinajstić information content (AvgIpc) is 2.09. The zero-order chi connectivity index (χ0) is 7.72. The molecule has 0 saturated carbocycles. The Hall–Kier alpha value is -1.19. The third-order valence-electron chi connectivity index (χ3n) is 1.44. The fourth-order valence-electron chi connectivity index (χ4n) is 0.839. The van der Waals surface area contributed by atoms with Gasteiger partial charge in [-0.25, -0.2) is 0 Å². The molecule has 2 N–H and O–H groups in total. The summed E-state index contributed by atoms with van der Waals surface area (Å²) in [6, 6.07) is 0. The van der Waals surface area contributed by atoms with Gasteiger partial charge in [0.1, 0.15) is 5.92 Å². The van der Waals surface area contributed by atoms with Crippen LogP contribution in [0.25, 0.3) is 0 Å². The van der Waals surface area contributed by atoms with E-state index in [1.807, 2.05) is 0 Å². The summed E-state index contributed by atoms with van der Waals surface area (Å²) >= 11 is 0. The van der Waals surface area contributed by atoms with Crippen molar-refractivity contribution in [1.29, 1.82) is 0 Å². The molecule has 4 heteroatoms. The van der Waals surface area contributed by atoms with Crippen LogP contribution >= 0.6 is 0 Å². The zero-order valence-electron chi connectivity index (χ0n) is 5.50. The number of hydrogen-bond acceptors (Lipinski definition) is 4. The topological polar surface area (TPSA) is 66.8 Å². The molecule has 0 amide bonds. The molecule has 1 heterocycles. The van der Waals surface area contributed by atoms with Gasteiger partial charge >= 0.3 is 11.9 Å². The first-order valence-electron chi connectivity index (χ1n) is 3.00.